The van der Waals surface area contributed by atoms with Crippen LogP contribution >= 0.6 is 0 Å². The van der Waals surface area contributed by atoms with Crippen LogP contribution in [0.1, 0.15) is 33.1 Å². The second-order valence-electron chi connectivity index (χ2n) is 4.69. The topological polar surface area (TPSA) is 62.7 Å². The van der Waals surface area contributed by atoms with Gasteiger partial charge in [0.15, 0.2) is 5.82 Å². The van der Waals surface area contributed by atoms with E-state index >= 15 is 0 Å². The second-order valence-corrected chi connectivity index (χ2v) is 4.69. The summed E-state index contributed by atoms with van der Waals surface area (Å²) in [6.45, 7) is 5.30. The lowest BCUT2D eigenvalue weighted by Crippen LogP contribution is -2.11. The zero-order chi connectivity index (χ0) is 11.4. The van der Waals surface area contributed by atoms with Gasteiger partial charge in [0, 0.05) is 12.6 Å². The highest BCUT2D eigenvalue weighted by Crippen LogP contribution is 2.23. The minimum atomic E-state index is 0.597. The number of hydrogen-bond acceptors (Lipinski definition) is 5. The number of nitrogens with one attached hydrogen (secondary N) is 2. The van der Waals surface area contributed by atoms with E-state index in [9.17, 15) is 0 Å². The molecule has 2 rings (SSSR count). The van der Waals surface area contributed by atoms with Crippen molar-refractivity contribution in [2.75, 3.05) is 17.2 Å². The van der Waals surface area contributed by atoms with Gasteiger partial charge in [-0.05, 0) is 25.2 Å². The van der Waals surface area contributed by atoms with E-state index in [-0.39, 0.29) is 0 Å². The summed E-state index contributed by atoms with van der Waals surface area (Å²) in [6, 6.07) is 0.597. The van der Waals surface area contributed by atoms with E-state index in [1.165, 1.54) is 12.8 Å². The molecule has 1 aliphatic rings. The summed E-state index contributed by atoms with van der Waals surface area (Å²) in [5.41, 5.74) is 0. The van der Waals surface area contributed by atoms with E-state index in [4.69, 9.17) is 0 Å². The van der Waals surface area contributed by atoms with Crippen molar-refractivity contribution >= 4 is 11.8 Å². The first-order valence-corrected chi connectivity index (χ1v) is 5.94. The van der Waals surface area contributed by atoms with Gasteiger partial charge >= 0.3 is 0 Å². The van der Waals surface area contributed by atoms with Crippen molar-refractivity contribution in [1.82, 2.24) is 15.2 Å². The molecule has 0 unspecified atom stereocenters. The highest BCUT2D eigenvalue weighted by atomic mass is 15.3. The molecule has 1 aliphatic carbocycles. The SMILES string of the molecule is CC(C)CCNc1nncc(NC2CC2)n1. The normalized spacial score (nSPS) is 15.2. The summed E-state index contributed by atoms with van der Waals surface area (Å²) in [7, 11) is 0. The Bertz CT molecular complexity index is 335. The Morgan fingerprint density at radius 3 is 2.94 bits per heavy atom. The number of rotatable bonds is 6. The lowest BCUT2D eigenvalue weighted by Gasteiger charge is -2.07. The van der Waals surface area contributed by atoms with Crippen molar-refractivity contribution in [2.45, 2.75) is 39.2 Å². The number of nitrogens with zero attached hydrogens (tertiary/aromatic N) is 3. The lowest BCUT2D eigenvalue weighted by atomic mass is 10.1. The van der Waals surface area contributed by atoms with Crippen molar-refractivity contribution in [3.05, 3.63) is 6.20 Å². The molecule has 16 heavy (non-hydrogen) atoms. The predicted molar refractivity (Wildman–Crippen MR) is 64.4 cm³/mol. The molecule has 2 N–H and O–H groups in total. The monoisotopic (exact) mass is 221 g/mol. The molecule has 0 spiro atoms. The minimum absolute atomic E-state index is 0.597. The number of aromatic nitrogens is 3. The molecule has 0 radical (unpaired) electrons. The van der Waals surface area contributed by atoms with Crippen molar-refractivity contribution in [2.24, 2.45) is 5.92 Å². The van der Waals surface area contributed by atoms with E-state index in [2.05, 4.69) is 39.7 Å². The summed E-state index contributed by atoms with van der Waals surface area (Å²) >= 11 is 0. The van der Waals surface area contributed by atoms with Crippen LogP contribution < -0.4 is 10.6 Å². The quantitative estimate of drug-likeness (QED) is 0.768. The van der Waals surface area contributed by atoms with Crippen LogP contribution in [0.15, 0.2) is 6.20 Å². The average Bonchev–Trinajstić information content (AvgIpc) is 3.02. The van der Waals surface area contributed by atoms with Gasteiger partial charge in [-0.15, -0.1) is 5.10 Å². The molecule has 0 bridgehead atoms. The molecule has 0 amide bonds. The summed E-state index contributed by atoms with van der Waals surface area (Å²) < 4.78 is 0. The van der Waals surface area contributed by atoms with Gasteiger partial charge in [0.1, 0.15) is 0 Å². The van der Waals surface area contributed by atoms with Gasteiger partial charge < -0.3 is 10.6 Å². The Labute approximate surface area is 96.1 Å². The van der Waals surface area contributed by atoms with Crippen LogP contribution in [0.25, 0.3) is 0 Å². The largest absolute Gasteiger partial charge is 0.366 e. The standard InChI is InChI=1S/C11H19N5/c1-8(2)5-6-12-11-15-10(7-13-16-11)14-9-3-4-9/h7-9H,3-6H2,1-2H3,(H2,12,14,15,16). The molecule has 1 fully saturated rings. The lowest BCUT2D eigenvalue weighted by molar-refractivity contribution is 0.605. The fourth-order valence-electron chi connectivity index (χ4n) is 1.36. The predicted octanol–water partition coefficient (Wildman–Crippen LogP) is 1.90. The van der Waals surface area contributed by atoms with Crippen LogP contribution in [0.2, 0.25) is 0 Å². The van der Waals surface area contributed by atoms with E-state index in [1.807, 2.05) is 0 Å². The van der Waals surface area contributed by atoms with Crippen molar-refractivity contribution in [3.8, 4) is 0 Å². The Kier molecular flexibility index (Phi) is 3.54. The van der Waals surface area contributed by atoms with E-state index in [0.717, 1.165) is 18.8 Å². The van der Waals surface area contributed by atoms with Gasteiger partial charge in [-0.1, -0.05) is 13.8 Å². The minimum Gasteiger partial charge on any atom is -0.366 e. The van der Waals surface area contributed by atoms with Crippen molar-refractivity contribution < 1.29 is 0 Å². The number of hydrogen-bond donors (Lipinski definition) is 2. The molecular formula is C11H19N5. The van der Waals surface area contributed by atoms with Gasteiger partial charge in [0.2, 0.25) is 5.95 Å². The van der Waals surface area contributed by atoms with Gasteiger partial charge in [-0.3, -0.25) is 0 Å². The smallest absolute Gasteiger partial charge is 0.244 e. The van der Waals surface area contributed by atoms with E-state index < -0.39 is 0 Å². The molecule has 1 saturated carbocycles. The molecular weight excluding hydrogens is 202 g/mol. The maximum absolute atomic E-state index is 4.35. The Balaban J connectivity index is 1.83. The van der Waals surface area contributed by atoms with Crippen LogP contribution in [-0.4, -0.2) is 27.8 Å². The Morgan fingerprint density at radius 1 is 1.44 bits per heavy atom. The fraction of sp³-hybridized carbons (Fsp3) is 0.727. The van der Waals surface area contributed by atoms with Crippen LogP contribution in [0, 0.1) is 5.92 Å². The van der Waals surface area contributed by atoms with Gasteiger partial charge in [0.25, 0.3) is 0 Å². The van der Waals surface area contributed by atoms with Gasteiger partial charge in [-0.2, -0.15) is 10.1 Å². The highest BCUT2D eigenvalue weighted by Gasteiger charge is 2.21. The van der Waals surface area contributed by atoms with Crippen LogP contribution in [0.4, 0.5) is 11.8 Å². The maximum Gasteiger partial charge on any atom is 0.244 e. The highest BCUT2D eigenvalue weighted by molar-refractivity contribution is 5.38. The zero-order valence-corrected chi connectivity index (χ0v) is 9.90. The average molecular weight is 221 g/mol. The van der Waals surface area contributed by atoms with Crippen molar-refractivity contribution in [3.63, 3.8) is 0 Å². The summed E-state index contributed by atoms with van der Waals surface area (Å²) in [5, 5.41) is 14.4. The molecule has 5 nitrogen and oxygen atoms in total. The first kappa shape index (κ1) is 11.1. The van der Waals surface area contributed by atoms with Crippen LogP contribution in [-0.2, 0) is 0 Å². The summed E-state index contributed by atoms with van der Waals surface area (Å²) in [6.07, 6.45) is 5.26. The molecule has 5 heteroatoms. The molecule has 0 aliphatic heterocycles. The third kappa shape index (κ3) is 3.64. The third-order valence-corrected chi connectivity index (χ3v) is 2.49. The van der Waals surface area contributed by atoms with Gasteiger partial charge in [0.05, 0.1) is 6.20 Å². The molecule has 1 aromatic rings. The molecule has 0 aromatic carbocycles. The molecule has 0 atom stereocenters. The maximum atomic E-state index is 4.35. The van der Waals surface area contributed by atoms with E-state index in [1.54, 1.807) is 6.20 Å². The molecule has 0 saturated heterocycles. The fourth-order valence-corrected chi connectivity index (χ4v) is 1.36. The van der Waals surface area contributed by atoms with E-state index in [0.29, 0.717) is 17.9 Å². The Hall–Kier alpha value is -1.39. The molecule has 88 valence electrons. The molecule has 1 heterocycles. The van der Waals surface area contributed by atoms with Crippen LogP contribution in [0.3, 0.4) is 0 Å². The zero-order valence-electron chi connectivity index (χ0n) is 9.90. The molecule has 1 aromatic heterocycles. The van der Waals surface area contributed by atoms with Crippen molar-refractivity contribution in [1.29, 1.82) is 0 Å². The van der Waals surface area contributed by atoms with Gasteiger partial charge in [-0.25, -0.2) is 0 Å². The first-order valence-electron chi connectivity index (χ1n) is 5.94. The number of anilines is 2. The second kappa shape index (κ2) is 5.09. The summed E-state index contributed by atoms with van der Waals surface area (Å²) in [5.74, 6) is 2.13. The summed E-state index contributed by atoms with van der Waals surface area (Å²) in [4.78, 5) is 4.35. The first-order chi connectivity index (χ1) is 7.74. The van der Waals surface area contributed by atoms with Crippen LogP contribution in [0.5, 0.6) is 0 Å². The Morgan fingerprint density at radius 2 is 2.25 bits per heavy atom. The third-order valence-electron chi connectivity index (χ3n) is 2.49.